The monoisotopic (exact) mass is 345 g/mol. The second-order valence-corrected chi connectivity index (χ2v) is 8.08. The quantitative estimate of drug-likeness (QED) is 0.768. The van der Waals surface area contributed by atoms with Crippen LogP contribution >= 0.6 is 38.9 Å². The lowest BCUT2D eigenvalue weighted by Crippen LogP contribution is -2.37. The normalized spacial score (nSPS) is 12.6. The van der Waals surface area contributed by atoms with Gasteiger partial charge in [-0.05, 0) is 26.0 Å². The fourth-order valence-corrected chi connectivity index (χ4v) is 5.16. The van der Waals surface area contributed by atoms with Crippen LogP contribution in [0.15, 0.2) is 16.3 Å². The van der Waals surface area contributed by atoms with Gasteiger partial charge in [0, 0.05) is 17.9 Å². The van der Waals surface area contributed by atoms with E-state index in [1.807, 2.05) is 13.8 Å². The third-order valence-corrected chi connectivity index (χ3v) is 6.12. The Hall–Kier alpha value is 0.380. The van der Waals surface area contributed by atoms with Gasteiger partial charge in [-0.1, -0.05) is 27.5 Å². The summed E-state index contributed by atoms with van der Waals surface area (Å²) in [7, 11) is -3.40. The van der Waals surface area contributed by atoms with Crippen LogP contribution in [0.2, 0.25) is 4.34 Å². The fraction of sp³-hybridized carbons (Fsp3) is 0.556. The van der Waals surface area contributed by atoms with Gasteiger partial charge >= 0.3 is 0 Å². The predicted molar refractivity (Wildman–Crippen MR) is 72.2 cm³/mol. The van der Waals surface area contributed by atoms with E-state index in [4.69, 9.17) is 11.6 Å². The largest absolute Gasteiger partial charge is 0.252 e. The minimum absolute atomic E-state index is 0.0663. The molecule has 0 saturated heterocycles. The van der Waals surface area contributed by atoms with Crippen molar-refractivity contribution in [2.75, 3.05) is 11.9 Å². The van der Waals surface area contributed by atoms with E-state index in [-0.39, 0.29) is 6.04 Å². The molecule has 0 unspecified atom stereocenters. The molecule has 0 atom stereocenters. The molecular weight excluding hydrogens is 334 g/mol. The van der Waals surface area contributed by atoms with Crippen molar-refractivity contribution in [1.82, 2.24) is 4.31 Å². The summed E-state index contributed by atoms with van der Waals surface area (Å²) in [6.07, 6.45) is 0. The molecule has 0 N–H and O–H groups in total. The van der Waals surface area contributed by atoms with Crippen molar-refractivity contribution in [3.63, 3.8) is 0 Å². The Morgan fingerprint density at radius 1 is 1.50 bits per heavy atom. The minimum atomic E-state index is -3.40. The van der Waals surface area contributed by atoms with Crippen LogP contribution in [0.3, 0.4) is 0 Å². The van der Waals surface area contributed by atoms with Crippen LogP contribution in [0.4, 0.5) is 0 Å². The van der Waals surface area contributed by atoms with E-state index in [1.165, 1.54) is 4.31 Å². The van der Waals surface area contributed by atoms with Crippen molar-refractivity contribution < 1.29 is 8.42 Å². The first-order valence-electron chi connectivity index (χ1n) is 4.72. The molecule has 7 heteroatoms. The molecule has 0 saturated carbocycles. The molecule has 1 rings (SSSR count). The summed E-state index contributed by atoms with van der Waals surface area (Å²) in [5, 5.41) is 0.615. The highest BCUT2D eigenvalue weighted by Crippen LogP contribution is 2.28. The number of thiophene rings is 1. The summed E-state index contributed by atoms with van der Waals surface area (Å²) >= 11 is 10.1. The van der Waals surface area contributed by atoms with E-state index >= 15 is 0 Å². The number of hydrogen-bond acceptors (Lipinski definition) is 3. The highest BCUT2D eigenvalue weighted by Gasteiger charge is 2.27. The van der Waals surface area contributed by atoms with Crippen molar-refractivity contribution in [2.45, 2.75) is 24.1 Å². The maximum absolute atomic E-state index is 12.2. The van der Waals surface area contributed by atoms with E-state index in [9.17, 15) is 8.42 Å². The number of hydrogen-bond donors (Lipinski definition) is 0. The zero-order valence-electron chi connectivity index (χ0n) is 8.98. The van der Waals surface area contributed by atoms with E-state index in [2.05, 4.69) is 15.9 Å². The van der Waals surface area contributed by atoms with Crippen LogP contribution in [-0.4, -0.2) is 30.6 Å². The molecular formula is C9H13BrClNO2S2. The molecule has 0 fully saturated rings. The van der Waals surface area contributed by atoms with Crippen LogP contribution in [0.25, 0.3) is 0 Å². The zero-order chi connectivity index (χ0) is 12.3. The maximum atomic E-state index is 12.2. The van der Waals surface area contributed by atoms with Gasteiger partial charge in [-0.3, -0.25) is 0 Å². The van der Waals surface area contributed by atoms with E-state index in [1.54, 1.807) is 12.1 Å². The Kier molecular flexibility index (Phi) is 5.25. The Balaban J connectivity index is 3.08. The third kappa shape index (κ3) is 3.20. The summed E-state index contributed by atoms with van der Waals surface area (Å²) in [5.41, 5.74) is 0. The summed E-state index contributed by atoms with van der Waals surface area (Å²) in [4.78, 5) is 0. The highest BCUT2D eigenvalue weighted by atomic mass is 79.9. The summed E-state index contributed by atoms with van der Waals surface area (Å²) < 4.78 is 26.7. The van der Waals surface area contributed by atoms with Crippen molar-refractivity contribution in [2.24, 2.45) is 0 Å². The minimum Gasteiger partial charge on any atom is -0.206 e. The van der Waals surface area contributed by atoms with E-state index in [0.29, 0.717) is 20.4 Å². The summed E-state index contributed by atoms with van der Waals surface area (Å²) in [5.74, 6) is 0. The molecule has 0 spiro atoms. The second kappa shape index (κ2) is 5.82. The second-order valence-electron chi connectivity index (χ2n) is 3.46. The van der Waals surface area contributed by atoms with Gasteiger partial charge in [0.25, 0.3) is 10.0 Å². The van der Waals surface area contributed by atoms with Gasteiger partial charge in [-0.25, -0.2) is 8.42 Å². The third-order valence-electron chi connectivity index (χ3n) is 1.99. The number of alkyl halides is 1. The molecule has 1 aromatic heterocycles. The van der Waals surface area contributed by atoms with Crippen LogP contribution in [-0.2, 0) is 10.0 Å². The maximum Gasteiger partial charge on any atom is 0.252 e. The van der Waals surface area contributed by atoms with E-state index in [0.717, 1.165) is 11.3 Å². The lowest BCUT2D eigenvalue weighted by Gasteiger charge is -2.24. The van der Waals surface area contributed by atoms with Crippen molar-refractivity contribution >= 4 is 48.9 Å². The van der Waals surface area contributed by atoms with Crippen LogP contribution in [0.5, 0.6) is 0 Å². The Morgan fingerprint density at radius 3 is 2.50 bits per heavy atom. The molecule has 0 aliphatic rings. The van der Waals surface area contributed by atoms with Crippen molar-refractivity contribution in [3.05, 3.63) is 16.5 Å². The molecule has 0 radical (unpaired) electrons. The first kappa shape index (κ1) is 14.4. The lowest BCUT2D eigenvalue weighted by atomic mass is 10.4. The average molecular weight is 347 g/mol. The Morgan fingerprint density at radius 2 is 2.12 bits per heavy atom. The molecule has 0 amide bonds. The summed E-state index contributed by atoms with van der Waals surface area (Å²) in [6, 6.07) is 3.08. The van der Waals surface area contributed by atoms with Gasteiger partial charge in [0.15, 0.2) is 0 Å². The highest BCUT2D eigenvalue weighted by molar-refractivity contribution is 9.09. The zero-order valence-corrected chi connectivity index (χ0v) is 13.0. The summed E-state index contributed by atoms with van der Waals surface area (Å²) in [6.45, 7) is 4.17. The van der Waals surface area contributed by atoms with Gasteiger partial charge in [-0.15, -0.1) is 11.3 Å². The van der Waals surface area contributed by atoms with Crippen molar-refractivity contribution in [1.29, 1.82) is 0 Å². The van der Waals surface area contributed by atoms with Gasteiger partial charge < -0.3 is 0 Å². The topological polar surface area (TPSA) is 37.4 Å². The standard InChI is InChI=1S/C9H13BrClNO2S2/c1-7(2)12(6-5-10)16(13,14)9-4-3-8(11)15-9/h3-4,7H,5-6H2,1-2H3. The van der Waals surface area contributed by atoms with Gasteiger partial charge in [0.05, 0.1) is 4.34 Å². The average Bonchev–Trinajstić information content (AvgIpc) is 2.61. The molecule has 0 bridgehead atoms. The molecule has 16 heavy (non-hydrogen) atoms. The Bertz CT molecular complexity index is 444. The number of rotatable bonds is 5. The van der Waals surface area contributed by atoms with Crippen LogP contribution in [0.1, 0.15) is 13.8 Å². The molecule has 1 aromatic rings. The van der Waals surface area contributed by atoms with Gasteiger partial charge in [0.1, 0.15) is 4.21 Å². The smallest absolute Gasteiger partial charge is 0.206 e. The van der Waals surface area contributed by atoms with Crippen LogP contribution < -0.4 is 0 Å². The fourth-order valence-electron chi connectivity index (χ4n) is 1.29. The van der Waals surface area contributed by atoms with Crippen LogP contribution in [0, 0.1) is 0 Å². The molecule has 0 aliphatic heterocycles. The van der Waals surface area contributed by atoms with Crippen molar-refractivity contribution in [3.8, 4) is 0 Å². The SMILES string of the molecule is CC(C)N(CCBr)S(=O)(=O)c1ccc(Cl)s1. The molecule has 0 aliphatic carbocycles. The lowest BCUT2D eigenvalue weighted by molar-refractivity contribution is 0.373. The van der Waals surface area contributed by atoms with E-state index < -0.39 is 10.0 Å². The van der Waals surface area contributed by atoms with Gasteiger partial charge in [-0.2, -0.15) is 4.31 Å². The van der Waals surface area contributed by atoms with Gasteiger partial charge in [0.2, 0.25) is 0 Å². The molecule has 1 heterocycles. The predicted octanol–water partition coefficient (Wildman–Crippen LogP) is 3.20. The Labute approximate surface area is 114 Å². The first-order chi connectivity index (χ1) is 7.39. The number of halogens is 2. The first-order valence-corrected chi connectivity index (χ1v) is 8.48. The molecule has 3 nitrogen and oxygen atoms in total. The number of nitrogens with zero attached hydrogens (tertiary/aromatic N) is 1. The molecule has 92 valence electrons. The molecule has 0 aromatic carbocycles. The number of sulfonamides is 1.